The van der Waals surface area contributed by atoms with Crippen LogP contribution in [-0.4, -0.2) is 0 Å². The minimum Gasteiger partial charge on any atom is -0.472 e. The summed E-state index contributed by atoms with van der Waals surface area (Å²) in [6.07, 6.45) is 1.57. The van der Waals surface area contributed by atoms with Gasteiger partial charge < -0.3 is 10.1 Å². The van der Waals surface area contributed by atoms with Crippen molar-refractivity contribution in [2.75, 3.05) is 0 Å². The van der Waals surface area contributed by atoms with E-state index >= 15 is 0 Å². The van der Waals surface area contributed by atoms with Crippen molar-refractivity contribution in [1.29, 1.82) is 5.26 Å². The van der Waals surface area contributed by atoms with Crippen LogP contribution in [0, 0.1) is 11.3 Å². The predicted molar refractivity (Wildman–Crippen MR) is 72.5 cm³/mol. The van der Waals surface area contributed by atoms with Crippen molar-refractivity contribution < 1.29 is 4.74 Å². The molecule has 1 aliphatic heterocycles. The second-order valence-electron chi connectivity index (χ2n) is 4.29. The molecule has 0 fully saturated rings. The topological polar surface area (TPSA) is 45.0 Å². The molecular weight excluding hydrogens is 236 g/mol. The molecule has 0 saturated heterocycles. The standard InChI is InChI=1S/C16H12N2O/c17-10-12-6-8-13(9-7-12)15-11-19-16(18-15)14-4-2-1-3-5-14/h1-9,11,16,18H. The summed E-state index contributed by atoms with van der Waals surface area (Å²) in [5.74, 6) is 0. The molecule has 0 saturated carbocycles. The first kappa shape index (κ1) is 11.4. The van der Waals surface area contributed by atoms with E-state index in [-0.39, 0.29) is 6.23 Å². The van der Waals surface area contributed by atoms with Crippen LogP contribution in [0.2, 0.25) is 0 Å². The molecule has 1 heterocycles. The highest BCUT2D eigenvalue weighted by Crippen LogP contribution is 2.26. The Bertz CT molecular complexity index is 639. The van der Waals surface area contributed by atoms with E-state index in [0.717, 1.165) is 16.8 Å². The van der Waals surface area contributed by atoms with Gasteiger partial charge in [0.1, 0.15) is 6.26 Å². The number of hydrogen-bond donors (Lipinski definition) is 1. The van der Waals surface area contributed by atoms with Gasteiger partial charge in [0.05, 0.1) is 17.3 Å². The van der Waals surface area contributed by atoms with Gasteiger partial charge in [-0.05, 0) is 12.1 Å². The van der Waals surface area contributed by atoms with E-state index in [1.165, 1.54) is 0 Å². The Morgan fingerprint density at radius 3 is 2.42 bits per heavy atom. The van der Waals surface area contributed by atoms with E-state index in [1.807, 2.05) is 42.5 Å². The average molecular weight is 248 g/mol. The van der Waals surface area contributed by atoms with E-state index in [2.05, 4.69) is 11.4 Å². The molecule has 0 aromatic heterocycles. The third-order valence-corrected chi connectivity index (χ3v) is 3.04. The first-order valence-electron chi connectivity index (χ1n) is 6.04. The van der Waals surface area contributed by atoms with E-state index in [1.54, 1.807) is 18.4 Å². The van der Waals surface area contributed by atoms with E-state index in [0.29, 0.717) is 5.56 Å². The number of benzene rings is 2. The Morgan fingerprint density at radius 2 is 1.74 bits per heavy atom. The maximum Gasteiger partial charge on any atom is 0.195 e. The molecule has 2 aromatic rings. The normalized spacial score (nSPS) is 17.0. The lowest BCUT2D eigenvalue weighted by molar-refractivity contribution is 0.155. The molecule has 3 rings (SSSR count). The first-order chi connectivity index (χ1) is 9.36. The fraction of sp³-hybridized carbons (Fsp3) is 0.0625. The quantitative estimate of drug-likeness (QED) is 0.887. The molecule has 0 spiro atoms. The molecule has 0 radical (unpaired) electrons. The number of ether oxygens (including phenoxy) is 1. The average Bonchev–Trinajstić information content (AvgIpc) is 2.98. The molecule has 0 bridgehead atoms. The maximum absolute atomic E-state index is 8.78. The SMILES string of the molecule is N#Cc1ccc(C2=COC(c3ccccc3)N2)cc1. The Kier molecular flexibility index (Phi) is 2.91. The second kappa shape index (κ2) is 4.87. The number of nitriles is 1. The largest absolute Gasteiger partial charge is 0.472 e. The van der Waals surface area contributed by atoms with Crippen molar-refractivity contribution in [3.63, 3.8) is 0 Å². The Hall–Kier alpha value is -2.73. The van der Waals surface area contributed by atoms with Crippen LogP contribution in [0.3, 0.4) is 0 Å². The van der Waals surface area contributed by atoms with Gasteiger partial charge in [-0.15, -0.1) is 0 Å². The van der Waals surface area contributed by atoms with Crippen molar-refractivity contribution in [2.24, 2.45) is 0 Å². The van der Waals surface area contributed by atoms with Crippen LogP contribution in [0.5, 0.6) is 0 Å². The molecule has 0 amide bonds. The molecule has 19 heavy (non-hydrogen) atoms. The monoisotopic (exact) mass is 248 g/mol. The Balaban J connectivity index is 1.76. The first-order valence-corrected chi connectivity index (χ1v) is 6.04. The Labute approximate surface area is 111 Å². The smallest absolute Gasteiger partial charge is 0.195 e. The molecule has 3 heteroatoms. The predicted octanol–water partition coefficient (Wildman–Crippen LogP) is 3.18. The zero-order chi connectivity index (χ0) is 13.1. The molecule has 1 N–H and O–H groups in total. The fourth-order valence-corrected chi connectivity index (χ4v) is 2.01. The van der Waals surface area contributed by atoms with Gasteiger partial charge in [-0.25, -0.2) is 0 Å². The third-order valence-electron chi connectivity index (χ3n) is 3.04. The van der Waals surface area contributed by atoms with Crippen molar-refractivity contribution in [3.05, 3.63) is 77.5 Å². The van der Waals surface area contributed by atoms with Gasteiger partial charge >= 0.3 is 0 Å². The van der Waals surface area contributed by atoms with Gasteiger partial charge in [-0.2, -0.15) is 5.26 Å². The van der Waals surface area contributed by atoms with Gasteiger partial charge in [0, 0.05) is 11.1 Å². The van der Waals surface area contributed by atoms with Crippen LogP contribution < -0.4 is 5.32 Å². The summed E-state index contributed by atoms with van der Waals surface area (Å²) in [4.78, 5) is 0. The summed E-state index contributed by atoms with van der Waals surface area (Å²) < 4.78 is 5.62. The van der Waals surface area contributed by atoms with Crippen LogP contribution in [-0.2, 0) is 4.74 Å². The van der Waals surface area contributed by atoms with Crippen LogP contribution in [0.25, 0.3) is 5.70 Å². The van der Waals surface area contributed by atoms with Gasteiger partial charge in [-0.1, -0.05) is 42.5 Å². The molecule has 2 aromatic carbocycles. The highest BCUT2D eigenvalue weighted by molar-refractivity contribution is 5.65. The molecule has 1 atom stereocenters. The molecular formula is C16H12N2O. The number of hydrogen-bond acceptors (Lipinski definition) is 3. The minimum atomic E-state index is -0.146. The zero-order valence-corrected chi connectivity index (χ0v) is 10.2. The lowest BCUT2D eigenvalue weighted by Crippen LogP contribution is -2.14. The number of rotatable bonds is 2. The molecule has 0 aliphatic carbocycles. The van der Waals surface area contributed by atoms with Gasteiger partial charge in [0.25, 0.3) is 0 Å². The van der Waals surface area contributed by atoms with Crippen LogP contribution in [0.1, 0.15) is 22.9 Å². The van der Waals surface area contributed by atoms with Gasteiger partial charge in [0.15, 0.2) is 6.23 Å². The van der Waals surface area contributed by atoms with Crippen molar-refractivity contribution in [3.8, 4) is 6.07 Å². The number of nitrogens with one attached hydrogen (secondary N) is 1. The summed E-state index contributed by atoms with van der Waals surface area (Å²) in [6.45, 7) is 0. The lowest BCUT2D eigenvalue weighted by Gasteiger charge is -2.12. The van der Waals surface area contributed by atoms with Crippen molar-refractivity contribution in [1.82, 2.24) is 5.32 Å². The van der Waals surface area contributed by atoms with Crippen molar-refractivity contribution in [2.45, 2.75) is 6.23 Å². The van der Waals surface area contributed by atoms with Gasteiger partial charge in [0.2, 0.25) is 0 Å². The zero-order valence-electron chi connectivity index (χ0n) is 10.2. The van der Waals surface area contributed by atoms with Crippen LogP contribution >= 0.6 is 0 Å². The van der Waals surface area contributed by atoms with E-state index < -0.39 is 0 Å². The molecule has 1 aliphatic rings. The highest BCUT2D eigenvalue weighted by Gasteiger charge is 2.19. The van der Waals surface area contributed by atoms with Crippen LogP contribution in [0.15, 0.2) is 60.9 Å². The third kappa shape index (κ3) is 2.29. The molecule has 3 nitrogen and oxygen atoms in total. The van der Waals surface area contributed by atoms with Gasteiger partial charge in [-0.3, -0.25) is 0 Å². The van der Waals surface area contributed by atoms with Crippen molar-refractivity contribution >= 4 is 5.70 Å². The fourth-order valence-electron chi connectivity index (χ4n) is 2.01. The maximum atomic E-state index is 8.78. The second-order valence-corrected chi connectivity index (χ2v) is 4.29. The highest BCUT2D eigenvalue weighted by atomic mass is 16.5. The summed E-state index contributed by atoms with van der Waals surface area (Å²) in [7, 11) is 0. The minimum absolute atomic E-state index is 0.146. The lowest BCUT2D eigenvalue weighted by atomic mass is 10.1. The Morgan fingerprint density at radius 1 is 1.00 bits per heavy atom. The molecule has 1 unspecified atom stereocenters. The van der Waals surface area contributed by atoms with E-state index in [4.69, 9.17) is 10.00 Å². The number of nitrogens with zero attached hydrogens (tertiary/aromatic N) is 1. The summed E-state index contributed by atoms with van der Waals surface area (Å²) >= 11 is 0. The summed E-state index contributed by atoms with van der Waals surface area (Å²) in [5, 5.41) is 12.1. The van der Waals surface area contributed by atoms with Crippen LogP contribution in [0.4, 0.5) is 0 Å². The van der Waals surface area contributed by atoms with E-state index in [9.17, 15) is 0 Å². The summed E-state index contributed by atoms with van der Waals surface area (Å²) in [6, 6.07) is 19.5. The molecule has 92 valence electrons. The summed E-state index contributed by atoms with van der Waals surface area (Å²) in [5.41, 5.74) is 3.68.